The molecule has 0 aromatic heterocycles. The Morgan fingerprint density at radius 3 is 2.61 bits per heavy atom. The number of hydrogen-bond donors (Lipinski definition) is 1. The summed E-state index contributed by atoms with van der Waals surface area (Å²) in [7, 11) is 0. The molecule has 1 aromatic carbocycles. The van der Waals surface area contributed by atoms with E-state index < -0.39 is 0 Å². The first-order valence-electron chi connectivity index (χ1n) is 5.71. The number of carbonyl (C=O) groups excluding carboxylic acids is 2. The van der Waals surface area contributed by atoms with E-state index in [9.17, 15) is 9.59 Å². The molecule has 1 unspecified atom stereocenters. The van der Waals surface area contributed by atoms with Gasteiger partial charge >= 0.3 is 5.97 Å². The lowest BCUT2D eigenvalue weighted by atomic mass is 10.2. The molecule has 18 heavy (non-hydrogen) atoms. The first kappa shape index (κ1) is 14.7. The smallest absolute Gasteiger partial charge is 0.307 e. The molecule has 0 saturated heterocycles. The SMILES string of the molecule is CC(Br)C(=O)NCCC(=O)OCc1ccccc1. The summed E-state index contributed by atoms with van der Waals surface area (Å²) in [4.78, 5) is 22.3. The Morgan fingerprint density at radius 1 is 1.33 bits per heavy atom. The van der Waals surface area contributed by atoms with Crippen molar-refractivity contribution in [3.8, 4) is 0 Å². The Labute approximate surface area is 115 Å². The summed E-state index contributed by atoms with van der Waals surface area (Å²) in [6.45, 7) is 2.29. The van der Waals surface area contributed by atoms with Crippen LogP contribution in [-0.4, -0.2) is 23.2 Å². The quantitative estimate of drug-likeness (QED) is 0.645. The van der Waals surface area contributed by atoms with Crippen LogP contribution in [0.3, 0.4) is 0 Å². The predicted octanol–water partition coefficient (Wildman–Crippen LogP) is 2.02. The second-order valence-corrected chi connectivity index (χ2v) is 5.18. The first-order chi connectivity index (χ1) is 8.59. The summed E-state index contributed by atoms with van der Waals surface area (Å²) < 4.78 is 5.07. The Balaban J connectivity index is 2.17. The van der Waals surface area contributed by atoms with Gasteiger partial charge in [-0.25, -0.2) is 0 Å². The van der Waals surface area contributed by atoms with Gasteiger partial charge in [-0.2, -0.15) is 0 Å². The van der Waals surface area contributed by atoms with Crippen molar-refractivity contribution in [1.29, 1.82) is 0 Å². The summed E-state index contributed by atoms with van der Waals surface area (Å²) in [5.74, 6) is -0.452. The minimum Gasteiger partial charge on any atom is -0.461 e. The number of rotatable bonds is 6. The average Bonchev–Trinajstić information content (AvgIpc) is 2.37. The third-order valence-electron chi connectivity index (χ3n) is 2.23. The van der Waals surface area contributed by atoms with Crippen LogP contribution in [-0.2, 0) is 20.9 Å². The minimum absolute atomic E-state index is 0.133. The highest BCUT2D eigenvalue weighted by Crippen LogP contribution is 2.01. The van der Waals surface area contributed by atoms with Crippen LogP contribution in [0.1, 0.15) is 18.9 Å². The van der Waals surface area contributed by atoms with Crippen LogP contribution < -0.4 is 5.32 Å². The molecule has 0 fully saturated rings. The van der Waals surface area contributed by atoms with Crippen LogP contribution in [0.4, 0.5) is 0 Å². The molecule has 1 amide bonds. The van der Waals surface area contributed by atoms with Crippen LogP contribution in [0.2, 0.25) is 0 Å². The number of ether oxygens (including phenoxy) is 1. The standard InChI is InChI=1S/C13H16BrNO3/c1-10(14)13(17)15-8-7-12(16)18-9-11-5-3-2-4-6-11/h2-6,10H,7-9H2,1H3,(H,15,17). The maximum absolute atomic E-state index is 11.4. The maximum atomic E-state index is 11.4. The van der Waals surface area contributed by atoms with Gasteiger partial charge < -0.3 is 10.1 Å². The molecular formula is C13H16BrNO3. The summed E-state index contributed by atoms with van der Waals surface area (Å²) in [5.41, 5.74) is 0.948. The van der Waals surface area contributed by atoms with Crippen LogP contribution >= 0.6 is 15.9 Å². The molecule has 0 aliphatic carbocycles. The summed E-state index contributed by atoms with van der Waals surface area (Å²) in [6.07, 6.45) is 0.179. The monoisotopic (exact) mass is 313 g/mol. The molecule has 4 nitrogen and oxygen atoms in total. The lowest BCUT2D eigenvalue weighted by Crippen LogP contribution is -2.31. The van der Waals surface area contributed by atoms with E-state index >= 15 is 0 Å². The highest BCUT2D eigenvalue weighted by Gasteiger charge is 2.09. The number of amides is 1. The summed E-state index contributed by atoms with van der Waals surface area (Å²) in [6, 6.07) is 9.47. The molecule has 5 heteroatoms. The van der Waals surface area contributed by atoms with Gasteiger partial charge in [0.25, 0.3) is 0 Å². The Bertz CT molecular complexity index is 392. The van der Waals surface area contributed by atoms with Crippen molar-refractivity contribution in [3.05, 3.63) is 35.9 Å². The van der Waals surface area contributed by atoms with Crippen molar-refractivity contribution >= 4 is 27.8 Å². The zero-order valence-corrected chi connectivity index (χ0v) is 11.8. The lowest BCUT2D eigenvalue weighted by Gasteiger charge is -2.07. The van der Waals surface area contributed by atoms with Crippen molar-refractivity contribution in [1.82, 2.24) is 5.32 Å². The van der Waals surface area contributed by atoms with E-state index in [2.05, 4.69) is 21.2 Å². The van der Waals surface area contributed by atoms with Gasteiger partial charge in [-0.15, -0.1) is 0 Å². The van der Waals surface area contributed by atoms with Crippen molar-refractivity contribution in [2.45, 2.75) is 24.8 Å². The van der Waals surface area contributed by atoms with Gasteiger partial charge in [-0.1, -0.05) is 46.3 Å². The number of halogens is 1. The number of esters is 1. The minimum atomic E-state index is -0.318. The molecule has 0 radical (unpaired) electrons. The molecule has 0 aliphatic rings. The highest BCUT2D eigenvalue weighted by atomic mass is 79.9. The largest absolute Gasteiger partial charge is 0.461 e. The van der Waals surface area contributed by atoms with E-state index in [4.69, 9.17) is 4.74 Å². The van der Waals surface area contributed by atoms with Crippen LogP contribution in [0, 0.1) is 0 Å². The topological polar surface area (TPSA) is 55.4 Å². The van der Waals surface area contributed by atoms with Gasteiger partial charge in [0.1, 0.15) is 6.61 Å². The van der Waals surface area contributed by atoms with Crippen molar-refractivity contribution in [3.63, 3.8) is 0 Å². The van der Waals surface area contributed by atoms with Crippen LogP contribution in [0.25, 0.3) is 0 Å². The number of benzene rings is 1. The summed E-state index contributed by atoms with van der Waals surface area (Å²) >= 11 is 3.14. The molecule has 1 N–H and O–H groups in total. The molecule has 0 spiro atoms. The number of hydrogen-bond acceptors (Lipinski definition) is 3. The van der Waals surface area contributed by atoms with Gasteiger partial charge in [-0.3, -0.25) is 9.59 Å². The number of carbonyl (C=O) groups is 2. The van der Waals surface area contributed by atoms with Crippen LogP contribution in [0.5, 0.6) is 0 Å². The van der Waals surface area contributed by atoms with Crippen molar-refractivity contribution in [2.24, 2.45) is 0 Å². The average molecular weight is 314 g/mol. The molecule has 0 heterocycles. The summed E-state index contributed by atoms with van der Waals surface area (Å²) in [5, 5.41) is 2.62. The van der Waals surface area contributed by atoms with E-state index in [0.717, 1.165) is 5.56 Å². The van der Waals surface area contributed by atoms with Gasteiger partial charge in [0.05, 0.1) is 11.2 Å². The Hall–Kier alpha value is -1.36. The number of alkyl halides is 1. The van der Waals surface area contributed by atoms with Gasteiger partial charge in [-0.05, 0) is 12.5 Å². The maximum Gasteiger partial charge on any atom is 0.307 e. The molecule has 0 aliphatic heterocycles. The van der Waals surface area contributed by atoms with Crippen molar-refractivity contribution in [2.75, 3.05) is 6.54 Å². The molecule has 98 valence electrons. The number of nitrogens with one attached hydrogen (secondary N) is 1. The second kappa shape index (κ2) is 7.87. The Kier molecular flexibility index (Phi) is 6.43. The molecule has 1 rings (SSSR count). The first-order valence-corrected chi connectivity index (χ1v) is 6.62. The van der Waals surface area contributed by atoms with Crippen molar-refractivity contribution < 1.29 is 14.3 Å². The van der Waals surface area contributed by atoms with E-state index in [1.807, 2.05) is 30.3 Å². The molecular weight excluding hydrogens is 298 g/mol. The van der Waals surface area contributed by atoms with E-state index in [0.29, 0.717) is 6.54 Å². The lowest BCUT2D eigenvalue weighted by molar-refractivity contribution is -0.144. The van der Waals surface area contributed by atoms with E-state index in [1.54, 1.807) is 6.92 Å². The fourth-order valence-corrected chi connectivity index (χ4v) is 1.40. The zero-order chi connectivity index (χ0) is 13.4. The van der Waals surface area contributed by atoms with E-state index in [1.165, 1.54) is 0 Å². The molecule has 0 bridgehead atoms. The van der Waals surface area contributed by atoms with Gasteiger partial charge in [0.2, 0.25) is 5.91 Å². The Morgan fingerprint density at radius 2 is 2.00 bits per heavy atom. The van der Waals surface area contributed by atoms with Gasteiger partial charge in [0, 0.05) is 6.54 Å². The third kappa shape index (κ3) is 5.82. The molecule has 1 atom stereocenters. The third-order valence-corrected chi connectivity index (χ3v) is 2.65. The highest BCUT2D eigenvalue weighted by molar-refractivity contribution is 9.10. The fraction of sp³-hybridized carbons (Fsp3) is 0.385. The second-order valence-electron chi connectivity index (χ2n) is 3.80. The fourth-order valence-electron chi connectivity index (χ4n) is 1.24. The predicted molar refractivity (Wildman–Crippen MR) is 72.3 cm³/mol. The molecule has 1 aromatic rings. The van der Waals surface area contributed by atoms with E-state index in [-0.39, 0.29) is 29.7 Å². The normalized spacial score (nSPS) is 11.7. The van der Waals surface area contributed by atoms with Crippen LogP contribution in [0.15, 0.2) is 30.3 Å². The molecule has 0 saturated carbocycles. The zero-order valence-electron chi connectivity index (χ0n) is 10.2. The van der Waals surface area contributed by atoms with Gasteiger partial charge in [0.15, 0.2) is 0 Å².